The minimum Gasteiger partial charge on any atom is -0.396 e. The zero-order chi connectivity index (χ0) is 19.9. The summed E-state index contributed by atoms with van der Waals surface area (Å²) in [7, 11) is -3.27. The van der Waals surface area contributed by atoms with Crippen molar-refractivity contribution in [2.45, 2.75) is 44.1 Å². The first-order chi connectivity index (χ1) is 13.0. The second kappa shape index (κ2) is 9.65. The Labute approximate surface area is 161 Å². The van der Waals surface area contributed by atoms with Crippen LogP contribution in [-0.4, -0.2) is 49.9 Å². The van der Waals surface area contributed by atoms with Crippen LogP contribution in [0.2, 0.25) is 0 Å². The maximum Gasteiger partial charge on any atom is 0.214 e. The molecule has 0 unspecified atom stereocenters. The molecule has 2 fully saturated rings. The van der Waals surface area contributed by atoms with E-state index in [4.69, 9.17) is 4.74 Å². The number of aliphatic hydroxyl groups excluding tert-OH is 1. The molecule has 2 aliphatic rings. The van der Waals surface area contributed by atoms with Crippen molar-refractivity contribution >= 4 is 10.0 Å². The number of terminal acetylenes is 1. The average molecular weight is 398 g/mol. The zero-order valence-electron chi connectivity index (χ0n) is 15.6. The second-order valence-corrected chi connectivity index (χ2v) is 9.12. The van der Waals surface area contributed by atoms with Crippen molar-refractivity contribution < 1.29 is 22.7 Å². The third kappa shape index (κ3) is 5.08. The summed E-state index contributed by atoms with van der Waals surface area (Å²) < 4.78 is 45.7. The number of halogens is 1. The number of rotatable bonds is 5. The molecule has 0 radical (unpaired) electrons. The van der Waals surface area contributed by atoms with Crippen LogP contribution in [0.15, 0.2) is 18.2 Å². The molecule has 5 nitrogen and oxygen atoms in total. The van der Waals surface area contributed by atoms with Crippen molar-refractivity contribution in [2.24, 2.45) is 0 Å². The number of nitrogens with zero attached hydrogens (tertiary/aromatic N) is 1. The second-order valence-electron chi connectivity index (χ2n) is 7.03. The zero-order valence-corrected chi connectivity index (χ0v) is 16.4. The molecule has 2 saturated heterocycles. The van der Waals surface area contributed by atoms with E-state index in [0.29, 0.717) is 38.2 Å². The van der Waals surface area contributed by atoms with Crippen LogP contribution < -0.4 is 0 Å². The number of sulfonamides is 1. The third-order valence-electron chi connectivity index (χ3n) is 5.51. The van der Waals surface area contributed by atoms with E-state index in [1.165, 1.54) is 10.4 Å². The maximum atomic E-state index is 14.7. The van der Waals surface area contributed by atoms with Crippen molar-refractivity contribution in [1.29, 1.82) is 0 Å². The van der Waals surface area contributed by atoms with E-state index < -0.39 is 10.0 Å². The molecule has 0 atom stereocenters. The minimum absolute atomic E-state index is 0.0510. The van der Waals surface area contributed by atoms with Crippen molar-refractivity contribution in [3.8, 4) is 12.8 Å². The van der Waals surface area contributed by atoms with Crippen LogP contribution in [0.4, 0.5) is 4.39 Å². The molecule has 0 aliphatic carbocycles. The highest BCUT2D eigenvalue weighted by atomic mass is 32.2. The van der Waals surface area contributed by atoms with E-state index in [1.54, 1.807) is 6.07 Å². The molecule has 2 aliphatic heterocycles. The highest BCUT2D eigenvalue weighted by Crippen LogP contribution is 2.38. The van der Waals surface area contributed by atoms with Crippen molar-refractivity contribution in [3.63, 3.8) is 0 Å². The molecule has 1 aromatic rings. The number of ether oxygens (including phenoxy) is 1. The maximum absolute atomic E-state index is 14.7. The summed E-state index contributed by atoms with van der Waals surface area (Å²) in [4.78, 5) is 0. The van der Waals surface area contributed by atoms with E-state index in [-0.39, 0.29) is 30.1 Å². The molecule has 0 amide bonds. The normalized spacial score (nSPS) is 21.8. The van der Waals surface area contributed by atoms with Gasteiger partial charge in [0.05, 0.1) is 5.75 Å². The van der Waals surface area contributed by atoms with Gasteiger partial charge in [-0.25, -0.2) is 12.8 Å². The first kappa shape index (κ1) is 21.8. The summed E-state index contributed by atoms with van der Waals surface area (Å²) in [5.74, 6) is -0.228. The van der Waals surface area contributed by atoms with Gasteiger partial charge in [0, 0.05) is 43.9 Å². The summed E-state index contributed by atoms with van der Waals surface area (Å²) in [6.45, 7) is 1.81. The Morgan fingerprint density at radius 1 is 1.22 bits per heavy atom. The Hall–Kier alpha value is -1.46. The molecule has 0 saturated carbocycles. The molecule has 1 aromatic carbocycles. The Morgan fingerprint density at radius 2 is 1.93 bits per heavy atom. The molecule has 2 heterocycles. The summed E-state index contributed by atoms with van der Waals surface area (Å²) in [5.41, 5.74) is 1.01. The third-order valence-corrected chi connectivity index (χ3v) is 7.41. The quantitative estimate of drug-likeness (QED) is 0.775. The van der Waals surface area contributed by atoms with Gasteiger partial charge in [-0.2, -0.15) is 4.31 Å². The predicted octanol–water partition coefficient (Wildman–Crippen LogP) is 2.43. The standard InChI is InChI=1S/C18H26FNO4S.C2H2/c19-17-13-16(18(5-9-21)6-10-24-11-7-18)4-3-15(17)14-20-8-1-2-12-25(20,22)23;1-2/h3-4,13,21H,1-2,5-12,14H2;1-2H. The molecule has 3 rings (SSSR count). The highest BCUT2D eigenvalue weighted by Gasteiger charge is 2.34. The van der Waals surface area contributed by atoms with Gasteiger partial charge in [-0.3, -0.25) is 0 Å². The monoisotopic (exact) mass is 397 g/mol. The Kier molecular flexibility index (Phi) is 7.80. The molecule has 0 aromatic heterocycles. The van der Waals surface area contributed by atoms with Gasteiger partial charge in [0.1, 0.15) is 5.82 Å². The number of benzene rings is 1. The smallest absolute Gasteiger partial charge is 0.214 e. The van der Waals surface area contributed by atoms with Crippen LogP contribution in [0.1, 0.15) is 43.2 Å². The van der Waals surface area contributed by atoms with Gasteiger partial charge in [-0.15, -0.1) is 12.8 Å². The number of aliphatic hydroxyl groups is 1. The fraction of sp³-hybridized carbons (Fsp3) is 0.600. The number of hydrogen-bond acceptors (Lipinski definition) is 4. The fourth-order valence-corrected chi connectivity index (χ4v) is 5.44. The SMILES string of the molecule is C#C.O=S1(=O)CCCCN1Cc1ccc(C2(CCO)CCOCC2)cc1F. The van der Waals surface area contributed by atoms with E-state index in [9.17, 15) is 17.9 Å². The van der Waals surface area contributed by atoms with Crippen LogP contribution in [-0.2, 0) is 26.7 Å². The molecule has 0 bridgehead atoms. The van der Waals surface area contributed by atoms with Gasteiger partial charge in [0.25, 0.3) is 0 Å². The van der Waals surface area contributed by atoms with Crippen molar-refractivity contribution in [1.82, 2.24) is 4.31 Å². The van der Waals surface area contributed by atoms with Crippen LogP contribution in [0, 0.1) is 18.7 Å². The summed E-state index contributed by atoms with van der Waals surface area (Å²) in [6.07, 6.45) is 11.6. The van der Waals surface area contributed by atoms with Gasteiger partial charge in [-0.1, -0.05) is 12.1 Å². The predicted molar refractivity (Wildman–Crippen MR) is 103 cm³/mol. The lowest BCUT2D eigenvalue weighted by Gasteiger charge is -2.37. The van der Waals surface area contributed by atoms with Crippen LogP contribution in [0.3, 0.4) is 0 Å². The lowest BCUT2D eigenvalue weighted by Crippen LogP contribution is -2.37. The topological polar surface area (TPSA) is 66.8 Å². The number of hydrogen-bond donors (Lipinski definition) is 1. The summed E-state index contributed by atoms with van der Waals surface area (Å²) in [6, 6.07) is 5.10. The van der Waals surface area contributed by atoms with Crippen LogP contribution >= 0.6 is 0 Å². The molecule has 150 valence electrons. The van der Waals surface area contributed by atoms with E-state index in [2.05, 4.69) is 12.8 Å². The van der Waals surface area contributed by atoms with Gasteiger partial charge >= 0.3 is 0 Å². The molecule has 27 heavy (non-hydrogen) atoms. The van der Waals surface area contributed by atoms with Crippen molar-refractivity contribution in [2.75, 3.05) is 32.1 Å². The fourth-order valence-electron chi connectivity index (χ4n) is 3.87. The summed E-state index contributed by atoms with van der Waals surface area (Å²) >= 11 is 0. The lowest BCUT2D eigenvalue weighted by atomic mass is 9.72. The first-order valence-electron chi connectivity index (χ1n) is 9.26. The first-order valence-corrected chi connectivity index (χ1v) is 10.9. The minimum atomic E-state index is -3.27. The van der Waals surface area contributed by atoms with Gasteiger partial charge < -0.3 is 9.84 Å². The average Bonchev–Trinajstić information content (AvgIpc) is 2.67. The van der Waals surface area contributed by atoms with Gasteiger partial charge in [0.15, 0.2) is 0 Å². The van der Waals surface area contributed by atoms with Gasteiger partial charge in [-0.05, 0) is 43.7 Å². The molecule has 0 spiro atoms. The van der Waals surface area contributed by atoms with Crippen molar-refractivity contribution in [3.05, 3.63) is 35.1 Å². The Morgan fingerprint density at radius 3 is 2.52 bits per heavy atom. The van der Waals surface area contributed by atoms with Crippen LogP contribution in [0.5, 0.6) is 0 Å². The van der Waals surface area contributed by atoms with E-state index in [0.717, 1.165) is 24.8 Å². The molecular weight excluding hydrogens is 369 g/mol. The summed E-state index contributed by atoms with van der Waals surface area (Å²) in [5, 5.41) is 9.43. The molecular formula is C20H28FNO4S. The Bertz CT molecular complexity index is 736. The lowest BCUT2D eigenvalue weighted by molar-refractivity contribution is 0.0399. The largest absolute Gasteiger partial charge is 0.396 e. The highest BCUT2D eigenvalue weighted by molar-refractivity contribution is 7.89. The van der Waals surface area contributed by atoms with E-state index >= 15 is 0 Å². The van der Waals surface area contributed by atoms with E-state index in [1.807, 2.05) is 6.07 Å². The van der Waals surface area contributed by atoms with Crippen LogP contribution in [0.25, 0.3) is 0 Å². The molecule has 1 N–H and O–H groups in total. The Balaban J connectivity index is 0.00000126. The molecule has 7 heteroatoms. The van der Waals surface area contributed by atoms with Gasteiger partial charge in [0.2, 0.25) is 10.0 Å².